The van der Waals surface area contributed by atoms with Crippen molar-refractivity contribution in [1.82, 2.24) is 10.2 Å². The van der Waals surface area contributed by atoms with Gasteiger partial charge in [0, 0.05) is 30.6 Å². The third-order valence-corrected chi connectivity index (χ3v) is 5.46. The molecule has 138 valence electrons. The van der Waals surface area contributed by atoms with Gasteiger partial charge in [-0.25, -0.2) is 8.78 Å². The van der Waals surface area contributed by atoms with E-state index in [1.807, 2.05) is 18.2 Å². The minimum atomic E-state index is -0.888. The zero-order valence-electron chi connectivity index (χ0n) is 14.5. The Morgan fingerprint density at radius 3 is 2.50 bits per heavy atom. The van der Waals surface area contributed by atoms with Crippen LogP contribution in [0.5, 0.6) is 0 Å². The fraction of sp³-hybridized carbons (Fsp3) is 0.350. The van der Waals surface area contributed by atoms with E-state index in [4.69, 9.17) is 0 Å². The van der Waals surface area contributed by atoms with Crippen LogP contribution in [0.25, 0.3) is 0 Å². The monoisotopic (exact) mass is 376 g/mol. The molecule has 0 atom stereocenters. The molecule has 1 N–H and O–H groups in total. The van der Waals surface area contributed by atoms with Crippen molar-refractivity contribution in [3.8, 4) is 0 Å². The molecular formula is C20H22F2N2OS. The number of carbonyl (C=O) groups excluding carboxylic acids is 1. The van der Waals surface area contributed by atoms with Gasteiger partial charge in [-0.15, -0.1) is 11.8 Å². The molecule has 0 aromatic heterocycles. The molecule has 3 nitrogen and oxygen atoms in total. The van der Waals surface area contributed by atoms with Gasteiger partial charge in [0.05, 0.1) is 5.75 Å². The van der Waals surface area contributed by atoms with Crippen molar-refractivity contribution in [2.45, 2.75) is 30.3 Å². The van der Waals surface area contributed by atoms with E-state index in [9.17, 15) is 13.6 Å². The molecule has 0 bridgehead atoms. The molecule has 1 fully saturated rings. The SMILES string of the molecule is O=C(CSc1ccc(F)c(F)c1)NC1CCN(Cc2ccccc2)CC1. The maximum absolute atomic E-state index is 13.2. The Morgan fingerprint density at radius 2 is 1.81 bits per heavy atom. The fourth-order valence-corrected chi connectivity index (χ4v) is 3.79. The van der Waals surface area contributed by atoms with Gasteiger partial charge in [0.1, 0.15) is 0 Å². The fourth-order valence-electron chi connectivity index (χ4n) is 3.06. The molecule has 0 saturated carbocycles. The Hall–Kier alpha value is -1.92. The number of rotatable bonds is 6. The van der Waals surface area contributed by atoms with Gasteiger partial charge < -0.3 is 5.32 Å². The number of nitrogens with zero attached hydrogens (tertiary/aromatic N) is 1. The van der Waals surface area contributed by atoms with E-state index in [-0.39, 0.29) is 17.7 Å². The van der Waals surface area contributed by atoms with Gasteiger partial charge in [0.15, 0.2) is 11.6 Å². The average molecular weight is 376 g/mol. The highest BCUT2D eigenvalue weighted by atomic mass is 32.2. The first-order valence-corrected chi connectivity index (χ1v) is 9.72. The largest absolute Gasteiger partial charge is 0.353 e. The zero-order valence-corrected chi connectivity index (χ0v) is 15.3. The summed E-state index contributed by atoms with van der Waals surface area (Å²) in [5, 5.41) is 3.05. The van der Waals surface area contributed by atoms with Crippen molar-refractivity contribution < 1.29 is 13.6 Å². The highest BCUT2D eigenvalue weighted by Gasteiger charge is 2.20. The normalized spacial score (nSPS) is 15.8. The van der Waals surface area contributed by atoms with Gasteiger partial charge >= 0.3 is 0 Å². The highest BCUT2D eigenvalue weighted by Crippen LogP contribution is 2.20. The van der Waals surface area contributed by atoms with Crippen LogP contribution in [0.3, 0.4) is 0 Å². The first kappa shape index (κ1) is 18.9. The van der Waals surface area contributed by atoms with Crippen LogP contribution < -0.4 is 5.32 Å². The standard InChI is InChI=1S/C20H22F2N2OS/c21-18-7-6-17(12-19(18)22)26-14-20(25)23-16-8-10-24(11-9-16)13-15-4-2-1-3-5-15/h1-7,12,16H,8-11,13-14H2,(H,23,25). The molecular weight excluding hydrogens is 354 g/mol. The molecule has 1 saturated heterocycles. The van der Waals surface area contributed by atoms with Crippen LogP contribution in [0.4, 0.5) is 8.78 Å². The van der Waals surface area contributed by atoms with Crippen LogP contribution in [0.15, 0.2) is 53.4 Å². The molecule has 0 aliphatic carbocycles. The van der Waals surface area contributed by atoms with Crippen LogP contribution in [0, 0.1) is 11.6 Å². The maximum Gasteiger partial charge on any atom is 0.230 e. The number of benzene rings is 2. The first-order chi connectivity index (χ1) is 12.6. The summed E-state index contributed by atoms with van der Waals surface area (Å²) >= 11 is 1.21. The van der Waals surface area contributed by atoms with Gasteiger partial charge in [0.25, 0.3) is 0 Å². The van der Waals surface area contributed by atoms with Gasteiger partial charge in [-0.05, 0) is 36.6 Å². The Bertz CT molecular complexity index is 734. The lowest BCUT2D eigenvalue weighted by atomic mass is 10.0. The van der Waals surface area contributed by atoms with Gasteiger partial charge in [-0.3, -0.25) is 9.69 Å². The number of thioether (sulfide) groups is 1. The van der Waals surface area contributed by atoms with Crippen molar-refractivity contribution in [3.63, 3.8) is 0 Å². The highest BCUT2D eigenvalue weighted by molar-refractivity contribution is 8.00. The van der Waals surface area contributed by atoms with Crippen molar-refractivity contribution in [2.24, 2.45) is 0 Å². The lowest BCUT2D eigenvalue weighted by molar-refractivity contribution is -0.119. The summed E-state index contributed by atoms with van der Waals surface area (Å²) in [4.78, 5) is 15.0. The van der Waals surface area contributed by atoms with Gasteiger partial charge in [-0.2, -0.15) is 0 Å². The van der Waals surface area contributed by atoms with E-state index >= 15 is 0 Å². The summed E-state index contributed by atoms with van der Waals surface area (Å²) in [7, 11) is 0. The summed E-state index contributed by atoms with van der Waals surface area (Å²) in [6.07, 6.45) is 1.85. The second-order valence-corrected chi connectivity index (χ2v) is 7.52. The summed E-state index contributed by atoms with van der Waals surface area (Å²) in [5.41, 5.74) is 1.30. The number of nitrogens with one attached hydrogen (secondary N) is 1. The molecule has 1 aliphatic rings. The van der Waals surface area contributed by atoms with Crippen LogP contribution >= 0.6 is 11.8 Å². The Kier molecular flexibility index (Phi) is 6.63. The van der Waals surface area contributed by atoms with Crippen LogP contribution in [-0.4, -0.2) is 35.7 Å². The molecule has 3 rings (SSSR count). The number of likely N-dealkylation sites (tertiary alicyclic amines) is 1. The Labute approximate surface area is 156 Å². The van der Waals surface area contributed by atoms with Crippen molar-refractivity contribution in [2.75, 3.05) is 18.8 Å². The van der Waals surface area contributed by atoms with Crippen LogP contribution in [0.1, 0.15) is 18.4 Å². The predicted octanol–water partition coefficient (Wildman–Crippen LogP) is 3.84. The second kappa shape index (κ2) is 9.14. The number of halogens is 2. The predicted molar refractivity (Wildman–Crippen MR) is 100.0 cm³/mol. The summed E-state index contributed by atoms with van der Waals surface area (Å²) in [6, 6.07) is 14.2. The lowest BCUT2D eigenvalue weighted by Crippen LogP contribution is -2.44. The van der Waals surface area contributed by atoms with Gasteiger partial charge in [0.2, 0.25) is 5.91 Å². The minimum absolute atomic E-state index is 0.0683. The maximum atomic E-state index is 13.2. The average Bonchev–Trinajstić information content (AvgIpc) is 2.65. The van der Waals surface area contributed by atoms with E-state index in [0.29, 0.717) is 4.90 Å². The quantitative estimate of drug-likeness (QED) is 0.778. The molecule has 1 heterocycles. The molecule has 0 radical (unpaired) electrons. The van der Waals surface area contributed by atoms with E-state index < -0.39 is 11.6 Å². The Morgan fingerprint density at radius 1 is 1.08 bits per heavy atom. The van der Waals surface area contributed by atoms with Crippen molar-refractivity contribution in [3.05, 3.63) is 65.7 Å². The molecule has 1 amide bonds. The summed E-state index contributed by atoms with van der Waals surface area (Å²) in [6.45, 7) is 2.85. The lowest BCUT2D eigenvalue weighted by Gasteiger charge is -2.32. The zero-order chi connectivity index (χ0) is 18.4. The number of piperidine rings is 1. The third kappa shape index (κ3) is 5.54. The number of hydrogen-bond acceptors (Lipinski definition) is 3. The smallest absolute Gasteiger partial charge is 0.230 e. The molecule has 26 heavy (non-hydrogen) atoms. The summed E-state index contributed by atoms with van der Waals surface area (Å²) in [5.74, 6) is -1.63. The van der Waals surface area contributed by atoms with Crippen molar-refractivity contribution >= 4 is 17.7 Å². The minimum Gasteiger partial charge on any atom is -0.353 e. The number of hydrogen-bond donors (Lipinski definition) is 1. The molecule has 0 spiro atoms. The van der Waals surface area contributed by atoms with Crippen molar-refractivity contribution in [1.29, 1.82) is 0 Å². The topological polar surface area (TPSA) is 32.3 Å². The summed E-state index contributed by atoms with van der Waals surface area (Å²) < 4.78 is 26.1. The molecule has 0 unspecified atom stereocenters. The number of carbonyl (C=O) groups is 1. The first-order valence-electron chi connectivity index (χ1n) is 8.73. The van der Waals surface area contributed by atoms with E-state index in [2.05, 4.69) is 22.3 Å². The third-order valence-electron chi connectivity index (χ3n) is 4.46. The van der Waals surface area contributed by atoms with Crippen LogP contribution in [0.2, 0.25) is 0 Å². The molecule has 2 aromatic carbocycles. The Balaban J connectivity index is 1.38. The second-order valence-electron chi connectivity index (χ2n) is 6.47. The number of amides is 1. The van der Waals surface area contributed by atoms with E-state index in [1.54, 1.807) is 0 Å². The van der Waals surface area contributed by atoms with E-state index in [1.165, 1.54) is 23.4 Å². The molecule has 6 heteroatoms. The molecule has 2 aromatic rings. The van der Waals surface area contributed by atoms with E-state index in [0.717, 1.165) is 44.6 Å². The molecule has 1 aliphatic heterocycles. The van der Waals surface area contributed by atoms with Gasteiger partial charge in [-0.1, -0.05) is 30.3 Å². The van der Waals surface area contributed by atoms with Crippen LogP contribution in [-0.2, 0) is 11.3 Å².